The van der Waals surface area contributed by atoms with E-state index in [9.17, 15) is 4.79 Å². The minimum Gasteiger partial charge on any atom is -0.378 e. The van der Waals surface area contributed by atoms with Crippen LogP contribution in [0.25, 0.3) is 0 Å². The average molecular weight is 272 g/mol. The summed E-state index contributed by atoms with van der Waals surface area (Å²) in [6.45, 7) is 8.85. The van der Waals surface area contributed by atoms with Gasteiger partial charge in [0, 0.05) is 26.2 Å². The van der Waals surface area contributed by atoms with Gasteiger partial charge in [-0.25, -0.2) is 0 Å². The zero-order valence-corrected chi connectivity index (χ0v) is 11.8. The van der Waals surface area contributed by atoms with Crippen LogP contribution < -0.4 is 5.32 Å². The highest BCUT2D eigenvalue weighted by Crippen LogP contribution is 2.15. The molecule has 2 heterocycles. The number of carbonyl (C=O) groups is 1. The number of carbonyl (C=O) groups excluding carboxylic acids is 1. The molecule has 0 spiro atoms. The van der Waals surface area contributed by atoms with Crippen LogP contribution in [-0.2, 0) is 19.0 Å². The second kappa shape index (κ2) is 6.65. The number of morpholine rings is 2. The molecule has 0 aromatic carbocycles. The van der Waals surface area contributed by atoms with Crippen LogP contribution in [0.15, 0.2) is 0 Å². The summed E-state index contributed by atoms with van der Waals surface area (Å²) in [4.78, 5) is 13.6. The Morgan fingerprint density at radius 3 is 2.84 bits per heavy atom. The monoisotopic (exact) mass is 272 g/mol. The predicted octanol–water partition coefficient (Wildman–Crippen LogP) is -0.371. The van der Waals surface area contributed by atoms with Crippen LogP contribution in [0.2, 0.25) is 0 Å². The van der Waals surface area contributed by atoms with Crippen LogP contribution in [0.3, 0.4) is 0 Å². The van der Waals surface area contributed by atoms with Gasteiger partial charge in [0.25, 0.3) is 0 Å². The van der Waals surface area contributed by atoms with Crippen LogP contribution in [0.4, 0.5) is 0 Å². The molecule has 0 saturated carbocycles. The molecule has 1 unspecified atom stereocenters. The number of hydrogen-bond acceptors (Lipinski definition) is 5. The summed E-state index contributed by atoms with van der Waals surface area (Å²) in [5.74, 6) is 0.0336. The van der Waals surface area contributed by atoms with E-state index in [0.717, 1.165) is 13.1 Å². The van der Waals surface area contributed by atoms with Gasteiger partial charge in [-0.15, -0.1) is 0 Å². The molecular weight excluding hydrogens is 248 g/mol. The van der Waals surface area contributed by atoms with Gasteiger partial charge in [-0.1, -0.05) is 0 Å². The van der Waals surface area contributed by atoms with Crippen molar-refractivity contribution in [3.8, 4) is 0 Å². The lowest BCUT2D eigenvalue weighted by molar-refractivity contribution is -0.146. The Hall–Kier alpha value is -0.690. The van der Waals surface area contributed by atoms with Gasteiger partial charge in [0.1, 0.15) is 6.61 Å². The highest BCUT2D eigenvalue weighted by molar-refractivity contribution is 5.77. The minimum atomic E-state index is -0.166. The Labute approximate surface area is 114 Å². The van der Waals surface area contributed by atoms with Crippen molar-refractivity contribution in [2.75, 3.05) is 52.6 Å². The third-order valence-electron chi connectivity index (χ3n) is 3.30. The van der Waals surface area contributed by atoms with Crippen molar-refractivity contribution in [1.82, 2.24) is 10.2 Å². The summed E-state index contributed by atoms with van der Waals surface area (Å²) < 4.78 is 16.6. The fourth-order valence-corrected chi connectivity index (χ4v) is 2.34. The van der Waals surface area contributed by atoms with E-state index in [1.165, 1.54) is 0 Å². The Morgan fingerprint density at radius 1 is 1.42 bits per heavy atom. The van der Waals surface area contributed by atoms with E-state index in [1.54, 1.807) is 4.90 Å². The van der Waals surface area contributed by atoms with Gasteiger partial charge in [0.15, 0.2) is 0 Å². The fraction of sp³-hybridized carbons (Fsp3) is 0.923. The van der Waals surface area contributed by atoms with Crippen molar-refractivity contribution in [1.29, 1.82) is 0 Å². The molecule has 110 valence electrons. The van der Waals surface area contributed by atoms with Crippen molar-refractivity contribution < 1.29 is 19.0 Å². The van der Waals surface area contributed by atoms with Crippen molar-refractivity contribution in [2.24, 2.45) is 0 Å². The predicted molar refractivity (Wildman–Crippen MR) is 70.0 cm³/mol. The standard InChI is InChI=1S/C13H24N2O4/c1-13(2)10-14-7-11(19-13)8-18-9-12(16)15-3-5-17-6-4-15/h11,14H,3-10H2,1-2H3. The minimum absolute atomic E-state index is 0.0150. The summed E-state index contributed by atoms with van der Waals surface area (Å²) in [5.41, 5.74) is -0.166. The number of nitrogens with one attached hydrogen (secondary N) is 1. The molecule has 1 atom stereocenters. The molecule has 2 aliphatic rings. The Morgan fingerprint density at radius 2 is 2.16 bits per heavy atom. The summed E-state index contributed by atoms with van der Waals surface area (Å²) in [6, 6.07) is 0. The van der Waals surface area contributed by atoms with Gasteiger partial charge in [-0.2, -0.15) is 0 Å². The van der Waals surface area contributed by atoms with E-state index in [2.05, 4.69) is 5.32 Å². The summed E-state index contributed by atoms with van der Waals surface area (Å²) in [6.07, 6.45) is 0.0150. The largest absolute Gasteiger partial charge is 0.378 e. The van der Waals surface area contributed by atoms with Gasteiger partial charge < -0.3 is 24.4 Å². The lowest BCUT2D eigenvalue weighted by Gasteiger charge is -2.36. The number of amides is 1. The van der Waals surface area contributed by atoms with Crippen molar-refractivity contribution in [3.63, 3.8) is 0 Å². The Bertz CT molecular complexity index is 303. The van der Waals surface area contributed by atoms with Crippen molar-refractivity contribution in [3.05, 3.63) is 0 Å². The van der Waals surface area contributed by atoms with E-state index in [4.69, 9.17) is 14.2 Å². The molecule has 6 heteroatoms. The lowest BCUT2D eigenvalue weighted by Crippen LogP contribution is -2.52. The molecular formula is C13H24N2O4. The maximum absolute atomic E-state index is 11.9. The zero-order chi connectivity index (χ0) is 13.7. The van der Waals surface area contributed by atoms with E-state index < -0.39 is 0 Å². The topological polar surface area (TPSA) is 60.0 Å². The third-order valence-corrected chi connectivity index (χ3v) is 3.30. The molecule has 1 amide bonds. The molecule has 0 aromatic rings. The number of rotatable bonds is 4. The molecule has 0 bridgehead atoms. The second-order valence-corrected chi connectivity index (χ2v) is 5.64. The maximum atomic E-state index is 11.9. The number of hydrogen-bond donors (Lipinski definition) is 1. The van der Waals surface area contributed by atoms with Crippen molar-refractivity contribution >= 4 is 5.91 Å². The zero-order valence-electron chi connectivity index (χ0n) is 11.8. The van der Waals surface area contributed by atoms with Gasteiger partial charge in [-0.05, 0) is 13.8 Å². The first kappa shape index (κ1) is 14.7. The molecule has 2 saturated heterocycles. The second-order valence-electron chi connectivity index (χ2n) is 5.64. The van der Waals surface area contributed by atoms with Crippen LogP contribution in [0, 0.1) is 0 Å². The summed E-state index contributed by atoms with van der Waals surface area (Å²) in [7, 11) is 0. The molecule has 2 aliphatic heterocycles. The Kier molecular flexibility index (Phi) is 5.15. The molecule has 0 radical (unpaired) electrons. The van der Waals surface area contributed by atoms with E-state index in [1.807, 2.05) is 13.8 Å². The SMILES string of the molecule is CC1(C)CNCC(COCC(=O)N2CCOCC2)O1. The average Bonchev–Trinajstić information content (AvgIpc) is 2.38. The molecule has 0 aromatic heterocycles. The van der Waals surface area contributed by atoms with Gasteiger partial charge in [0.2, 0.25) is 5.91 Å². The first-order valence-corrected chi connectivity index (χ1v) is 6.89. The van der Waals surface area contributed by atoms with Gasteiger partial charge in [0.05, 0.1) is 31.5 Å². The molecule has 6 nitrogen and oxygen atoms in total. The van der Waals surface area contributed by atoms with E-state index >= 15 is 0 Å². The van der Waals surface area contributed by atoms with Crippen LogP contribution in [0.5, 0.6) is 0 Å². The van der Waals surface area contributed by atoms with Gasteiger partial charge >= 0.3 is 0 Å². The smallest absolute Gasteiger partial charge is 0.248 e. The van der Waals surface area contributed by atoms with Crippen LogP contribution in [-0.4, -0.2) is 75.1 Å². The van der Waals surface area contributed by atoms with Gasteiger partial charge in [-0.3, -0.25) is 4.79 Å². The number of nitrogens with zero attached hydrogens (tertiary/aromatic N) is 1. The van der Waals surface area contributed by atoms with Crippen LogP contribution in [0.1, 0.15) is 13.8 Å². The third kappa shape index (κ3) is 4.72. The summed E-state index contributed by atoms with van der Waals surface area (Å²) >= 11 is 0. The molecule has 0 aliphatic carbocycles. The fourth-order valence-electron chi connectivity index (χ4n) is 2.34. The normalized spacial score (nSPS) is 27.3. The van der Waals surface area contributed by atoms with Crippen LogP contribution >= 0.6 is 0 Å². The quantitative estimate of drug-likeness (QED) is 0.756. The Balaban J connectivity index is 1.64. The first-order valence-electron chi connectivity index (χ1n) is 6.89. The molecule has 1 N–H and O–H groups in total. The van der Waals surface area contributed by atoms with E-state index in [-0.39, 0.29) is 24.2 Å². The van der Waals surface area contributed by atoms with E-state index in [0.29, 0.717) is 32.9 Å². The highest BCUT2D eigenvalue weighted by Gasteiger charge is 2.28. The maximum Gasteiger partial charge on any atom is 0.248 e. The summed E-state index contributed by atoms with van der Waals surface area (Å²) in [5, 5.41) is 3.31. The molecule has 2 rings (SSSR count). The molecule has 2 fully saturated rings. The first-order chi connectivity index (χ1) is 9.07. The number of ether oxygens (including phenoxy) is 3. The van der Waals surface area contributed by atoms with Crippen molar-refractivity contribution in [2.45, 2.75) is 25.6 Å². The molecule has 19 heavy (non-hydrogen) atoms. The highest BCUT2D eigenvalue weighted by atomic mass is 16.5. The lowest BCUT2D eigenvalue weighted by atomic mass is 10.1.